The van der Waals surface area contributed by atoms with Crippen molar-refractivity contribution in [1.82, 2.24) is 0 Å². The molecule has 0 aliphatic carbocycles. The Morgan fingerprint density at radius 3 is 2.70 bits per heavy atom. The molecule has 3 aromatic rings. The predicted molar refractivity (Wildman–Crippen MR) is 124 cm³/mol. The molecule has 0 saturated carbocycles. The minimum atomic E-state index is -0.556. The zero-order valence-electron chi connectivity index (χ0n) is 17.7. The summed E-state index contributed by atoms with van der Waals surface area (Å²) in [6, 6.07) is 18.9. The van der Waals surface area contributed by atoms with Gasteiger partial charge in [0.05, 0.1) is 12.7 Å². The van der Waals surface area contributed by atoms with Crippen molar-refractivity contribution in [3.63, 3.8) is 0 Å². The van der Waals surface area contributed by atoms with Gasteiger partial charge in [0, 0.05) is 46.8 Å². The monoisotopic (exact) mass is 461 g/mol. The molecule has 1 aliphatic heterocycles. The molecule has 2 N–H and O–H groups in total. The molecule has 4 rings (SSSR count). The van der Waals surface area contributed by atoms with Gasteiger partial charge in [0.1, 0.15) is 23.3 Å². The van der Waals surface area contributed by atoms with E-state index in [1.54, 1.807) is 59.5 Å². The molecular formula is C25H20ClN3O4. The average Bonchev–Trinajstić information content (AvgIpc) is 3.20. The summed E-state index contributed by atoms with van der Waals surface area (Å²) in [5.74, 6) is 0.511. The van der Waals surface area contributed by atoms with Crippen LogP contribution >= 0.6 is 11.6 Å². The predicted octanol–water partition coefficient (Wildman–Crippen LogP) is 4.63. The minimum absolute atomic E-state index is 0.0818. The van der Waals surface area contributed by atoms with Crippen LogP contribution in [0.2, 0.25) is 5.02 Å². The van der Waals surface area contributed by atoms with Crippen molar-refractivity contribution in [2.24, 2.45) is 5.73 Å². The zero-order chi connectivity index (χ0) is 23.5. The number of primary amides is 1. The molecule has 3 aromatic carbocycles. The van der Waals surface area contributed by atoms with Crippen molar-refractivity contribution in [3.8, 4) is 23.3 Å². The van der Waals surface area contributed by atoms with Crippen molar-refractivity contribution in [1.29, 1.82) is 5.26 Å². The van der Waals surface area contributed by atoms with Crippen molar-refractivity contribution >= 4 is 29.1 Å². The first kappa shape index (κ1) is 22.2. The van der Waals surface area contributed by atoms with Gasteiger partial charge in [-0.3, -0.25) is 9.59 Å². The molecular weight excluding hydrogens is 442 g/mol. The van der Waals surface area contributed by atoms with E-state index in [1.807, 2.05) is 6.07 Å². The highest BCUT2D eigenvalue weighted by Gasteiger charge is 2.33. The van der Waals surface area contributed by atoms with E-state index < -0.39 is 5.91 Å². The molecule has 1 unspecified atom stereocenters. The second-order valence-electron chi connectivity index (χ2n) is 7.58. The fourth-order valence-electron chi connectivity index (χ4n) is 3.85. The Balaban J connectivity index is 1.66. The van der Waals surface area contributed by atoms with Crippen LogP contribution in [0, 0.1) is 11.3 Å². The van der Waals surface area contributed by atoms with E-state index in [0.29, 0.717) is 45.6 Å². The Kier molecular flexibility index (Phi) is 6.20. The number of anilines is 1. The molecule has 33 heavy (non-hydrogen) atoms. The lowest BCUT2D eigenvalue weighted by molar-refractivity contribution is -0.117. The fraction of sp³-hybridized carbons (Fsp3) is 0.160. The molecule has 1 fully saturated rings. The third-order valence-electron chi connectivity index (χ3n) is 5.51. The number of methoxy groups -OCH3 is 1. The summed E-state index contributed by atoms with van der Waals surface area (Å²) in [5, 5.41) is 9.93. The molecule has 0 aromatic heterocycles. The fourth-order valence-corrected chi connectivity index (χ4v) is 4.01. The lowest BCUT2D eigenvalue weighted by Crippen LogP contribution is -2.24. The van der Waals surface area contributed by atoms with E-state index in [1.165, 1.54) is 7.11 Å². The summed E-state index contributed by atoms with van der Waals surface area (Å²) in [7, 11) is 1.53. The van der Waals surface area contributed by atoms with Crippen molar-refractivity contribution in [3.05, 3.63) is 82.4 Å². The van der Waals surface area contributed by atoms with Crippen molar-refractivity contribution in [2.45, 2.75) is 12.3 Å². The number of nitrogens with zero attached hydrogens (tertiary/aromatic N) is 2. The Morgan fingerprint density at radius 2 is 1.97 bits per heavy atom. The topological polar surface area (TPSA) is 106 Å². The van der Waals surface area contributed by atoms with Crippen LogP contribution in [-0.4, -0.2) is 25.5 Å². The summed E-state index contributed by atoms with van der Waals surface area (Å²) >= 11 is 6.23. The molecule has 1 saturated heterocycles. The van der Waals surface area contributed by atoms with Gasteiger partial charge in [0.15, 0.2) is 0 Å². The van der Waals surface area contributed by atoms with Gasteiger partial charge in [-0.2, -0.15) is 5.26 Å². The van der Waals surface area contributed by atoms with Crippen LogP contribution in [0.15, 0.2) is 60.7 Å². The lowest BCUT2D eigenvalue weighted by atomic mass is 9.97. The Labute approximate surface area is 195 Å². The molecule has 0 radical (unpaired) electrons. The third kappa shape index (κ3) is 4.61. The number of carbonyl (C=O) groups excluding carboxylic acids is 2. The van der Waals surface area contributed by atoms with Gasteiger partial charge in [0.2, 0.25) is 11.8 Å². The van der Waals surface area contributed by atoms with Crippen LogP contribution in [0.25, 0.3) is 0 Å². The smallest absolute Gasteiger partial charge is 0.248 e. The minimum Gasteiger partial charge on any atom is -0.497 e. The van der Waals surface area contributed by atoms with E-state index >= 15 is 0 Å². The van der Waals surface area contributed by atoms with E-state index in [4.69, 9.17) is 26.8 Å². The van der Waals surface area contributed by atoms with Crippen molar-refractivity contribution < 1.29 is 19.1 Å². The van der Waals surface area contributed by atoms with Crippen LogP contribution in [0.5, 0.6) is 17.2 Å². The summed E-state index contributed by atoms with van der Waals surface area (Å²) in [4.78, 5) is 26.0. The zero-order valence-corrected chi connectivity index (χ0v) is 18.5. The molecule has 0 spiro atoms. The number of nitriles is 1. The number of halogens is 1. The number of rotatable bonds is 6. The van der Waals surface area contributed by atoms with Gasteiger partial charge in [-0.05, 0) is 42.5 Å². The van der Waals surface area contributed by atoms with Gasteiger partial charge in [-0.1, -0.05) is 23.7 Å². The molecule has 1 aliphatic rings. The Bertz CT molecular complexity index is 1280. The van der Waals surface area contributed by atoms with Gasteiger partial charge < -0.3 is 20.1 Å². The van der Waals surface area contributed by atoms with Gasteiger partial charge >= 0.3 is 0 Å². The second-order valence-corrected chi connectivity index (χ2v) is 8.01. The van der Waals surface area contributed by atoms with Crippen LogP contribution in [-0.2, 0) is 4.79 Å². The highest BCUT2D eigenvalue weighted by atomic mass is 35.5. The number of nitrogens with two attached hydrogens (primary N) is 1. The van der Waals surface area contributed by atoms with Crippen LogP contribution in [0.1, 0.15) is 33.8 Å². The van der Waals surface area contributed by atoms with Crippen LogP contribution in [0.3, 0.4) is 0 Å². The standard InChI is InChI=1S/C25H20ClN3O4/c1-32-20-7-5-16(13-27)22(12-20)33-23-11-18(26)6-8-21(23)17-10-24(30)29(14-17)19-4-2-3-15(9-19)25(28)31/h2-9,11-12,17H,10,14H2,1H3,(H2,28,31). The maximum absolute atomic E-state index is 12.8. The first-order valence-electron chi connectivity index (χ1n) is 10.1. The van der Waals surface area contributed by atoms with Crippen molar-refractivity contribution in [2.75, 3.05) is 18.6 Å². The number of amides is 2. The Morgan fingerprint density at radius 1 is 1.15 bits per heavy atom. The largest absolute Gasteiger partial charge is 0.497 e. The van der Waals surface area contributed by atoms with E-state index in [0.717, 1.165) is 5.56 Å². The molecule has 7 nitrogen and oxygen atoms in total. The average molecular weight is 462 g/mol. The SMILES string of the molecule is COc1ccc(C#N)c(Oc2cc(Cl)ccc2C2CC(=O)N(c3cccc(C(N)=O)c3)C2)c1. The summed E-state index contributed by atoms with van der Waals surface area (Å²) < 4.78 is 11.4. The van der Waals surface area contributed by atoms with Crippen LogP contribution < -0.4 is 20.1 Å². The first-order valence-corrected chi connectivity index (χ1v) is 10.5. The number of hydrogen-bond donors (Lipinski definition) is 1. The number of ether oxygens (including phenoxy) is 2. The summed E-state index contributed by atoms with van der Waals surface area (Å²) in [6.45, 7) is 0.391. The summed E-state index contributed by atoms with van der Waals surface area (Å²) in [5.41, 5.74) is 7.45. The molecule has 166 valence electrons. The van der Waals surface area contributed by atoms with Gasteiger partial charge in [0.25, 0.3) is 0 Å². The molecule has 1 heterocycles. The van der Waals surface area contributed by atoms with E-state index in [9.17, 15) is 14.9 Å². The molecule has 2 amide bonds. The molecule has 1 atom stereocenters. The Hall–Kier alpha value is -4.02. The lowest BCUT2D eigenvalue weighted by Gasteiger charge is -2.19. The number of hydrogen-bond acceptors (Lipinski definition) is 5. The van der Waals surface area contributed by atoms with E-state index in [-0.39, 0.29) is 18.2 Å². The number of carbonyl (C=O) groups is 2. The molecule has 0 bridgehead atoms. The quantitative estimate of drug-likeness (QED) is 0.576. The highest BCUT2D eigenvalue weighted by molar-refractivity contribution is 6.30. The third-order valence-corrected chi connectivity index (χ3v) is 5.75. The van der Waals surface area contributed by atoms with Crippen LogP contribution in [0.4, 0.5) is 5.69 Å². The maximum Gasteiger partial charge on any atom is 0.248 e. The maximum atomic E-state index is 12.8. The highest BCUT2D eigenvalue weighted by Crippen LogP contribution is 2.40. The van der Waals surface area contributed by atoms with E-state index in [2.05, 4.69) is 6.07 Å². The summed E-state index contributed by atoms with van der Waals surface area (Å²) in [6.07, 6.45) is 0.252. The number of benzene rings is 3. The molecule has 8 heteroatoms. The normalized spacial score (nSPS) is 15.2. The van der Waals surface area contributed by atoms with Gasteiger partial charge in [-0.15, -0.1) is 0 Å². The second kappa shape index (κ2) is 9.23. The first-order chi connectivity index (χ1) is 15.9. The van der Waals surface area contributed by atoms with Gasteiger partial charge in [-0.25, -0.2) is 0 Å².